The van der Waals surface area contributed by atoms with Gasteiger partial charge in [0.1, 0.15) is 11.6 Å². The number of aryl methyl sites for hydroxylation is 1. The molecule has 0 aliphatic rings. The van der Waals surface area contributed by atoms with Crippen molar-refractivity contribution in [1.82, 2.24) is 14.5 Å². The molecule has 2 rings (SSSR count). The van der Waals surface area contributed by atoms with Crippen LogP contribution in [0.15, 0.2) is 30.7 Å². The monoisotopic (exact) mass is 188 g/mol. The van der Waals surface area contributed by atoms with Gasteiger partial charge in [-0.05, 0) is 18.6 Å². The first-order chi connectivity index (χ1) is 6.81. The molecule has 4 heteroatoms. The van der Waals surface area contributed by atoms with E-state index < -0.39 is 0 Å². The van der Waals surface area contributed by atoms with Gasteiger partial charge in [-0.3, -0.25) is 4.57 Å². The van der Waals surface area contributed by atoms with Crippen LogP contribution in [0.5, 0.6) is 0 Å². The van der Waals surface area contributed by atoms with Crippen LogP contribution in [0.3, 0.4) is 0 Å². The van der Waals surface area contributed by atoms with Crippen LogP contribution < -0.4 is 5.73 Å². The van der Waals surface area contributed by atoms with Crippen molar-refractivity contribution in [1.29, 1.82) is 0 Å². The Morgan fingerprint density at radius 2 is 2.21 bits per heavy atom. The van der Waals surface area contributed by atoms with Crippen molar-refractivity contribution >= 4 is 0 Å². The summed E-state index contributed by atoms with van der Waals surface area (Å²) >= 11 is 0. The molecule has 0 fully saturated rings. The van der Waals surface area contributed by atoms with Crippen molar-refractivity contribution < 1.29 is 0 Å². The molecule has 0 saturated heterocycles. The summed E-state index contributed by atoms with van der Waals surface area (Å²) in [7, 11) is 0. The first-order valence-electron chi connectivity index (χ1n) is 4.46. The number of imidazole rings is 1. The van der Waals surface area contributed by atoms with E-state index in [2.05, 4.69) is 9.97 Å². The summed E-state index contributed by atoms with van der Waals surface area (Å²) in [6, 6.07) is 3.97. The van der Waals surface area contributed by atoms with Crippen LogP contribution in [0.1, 0.15) is 11.4 Å². The molecule has 72 valence electrons. The lowest BCUT2D eigenvalue weighted by molar-refractivity contribution is 0.847. The van der Waals surface area contributed by atoms with Crippen LogP contribution in [-0.4, -0.2) is 14.5 Å². The Balaban J connectivity index is 2.44. The Morgan fingerprint density at radius 3 is 2.86 bits per heavy atom. The molecule has 0 unspecified atom stereocenters. The Hall–Kier alpha value is -1.68. The van der Waals surface area contributed by atoms with E-state index in [9.17, 15) is 0 Å². The number of hydrogen-bond donors (Lipinski definition) is 1. The third-order valence-corrected chi connectivity index (χ3v) is 2.04. The first kappa shape index (κ1) is 8.90. The fourth-order valence-corrected chi connectivity index (χ4v) is 1.30. The predicted octanol–water partition coefficient (Wildman–Crippen LogP) is 1.03. The quantitative estimate of drug-likeness (QED) is 0.766. The van der Waals surface area contributed by atoms with Gasteiger partial charge >= 0.3 is 0 Å². The zero-order valence-corrected chi connectivity index (χ0v) is 8.01. The molecule has 2 N–H and O–H groups in total. The second-order valence-corrected chi connectivity index (χ2v) is 3.11. The van der Waals surface area contributed by atoms with Crippen LogP contribution in [-0.2, 0) is 6.54 Å². The number of hydrogen-bond acceptors (Lipinski definition) is 3. The summed E-state index contributed by atoms with van der Waals surface area (Å²) in [6.45, 7) is 2.43. The number of rotatable bonds is 2. The van der Waals surface area contributed by atoms with Crippen molar-refractivity contribution in [2.45, 2.75) is 13.5 Å². The van der Waals surface area contributed by atoms with E-state index in [4.69, 9.17) is 5.73 Å². The fourth-order valence-electron chi connectivity index (χ4n) is 1.30. The van der Waals surface area contributed by atoms with Crippen molar-refractivity contribution in [3.63, 3.8) is 0 Å². The SMILES string of the molecule is Cc1ccc(-n2ccnc2CN)nc1. The third kappa shape index (κ3) is 1.52. The van der Waals surface area contributed by atoms with Crippen molar-refractivity contribution in [2.75, 3.05) is 0 Å². The van der Waals surface area contributed by atoms with E-state index in [1.54, 1.807) is 6.20 Å². The van der Waals surface area contributed by atoms with Crippen LogP contribution in [0.2, 0.25) is 0 Å². The molecule has 0 aromatic carbocycles. The molecule has 0 spiro atoms. The molecule has 0 aliphatic heterocycles. The van der Waals surface area contributed by atoms with Gasteiger partial charge < -0.3 is 5.73 Å². The summed E-state index contributed by atoms with van der Waals surface area (Å²) in [5.74, 6) is 1.68. The predicted molar refractivity (Wildman–Crippen MR) is 54.0 cm³/mol. The summed E-state index contributed by atoms with van der Waals surface area (Å²) in [4.78, 5) is 8.43. The normalized spacial score (nSPS) is 10.4. The molecular weight excluding hydrogens is 176 g/mol. The lowest BCUT2D eigenvalue weighted by Crippen LogP contribution is -2.07. The molecule has 2 aromatic heterocycles. The van der Waals surface area contributed by atoms with Gasteiger partial charge in [-0.1, -0.05) is 6.07 Å². The highest BCUT2D eigenvalue weighted by Crippen LogP contribution is 2.07. The summed E-state index contributed by atoms with van der Waals surface area (Å²) < 4.78 is 1.89. The van der Waals surface area contributed by atoms with Gasteiger partial charge in [0.2, 0.25) is 0 Å². The first-order valence-corrected chi connectivity index (χ1v) is 4.46. The minimum Gasteiger partial charge on any atom is -0.324 e. The molecule has 0 radical (unpaired) electrons. The average molecular weight is 188 g/mol. The highest BCUT2D eigenvalue weighted by molar-refractivity contribution is 5.26. The van der Waals surface area contributed by atoms with Gasteiger partial charge in [-0.25, -0.2) is 9.97 Å². The Morgan fingerprint density at radius 1 is 1.36 bits per heavy atom. The minimum atomic E-state index is 0.419. The van der Waals surface area contributed by atoms with Gasteiger partial charge in [-0.2, -0.15) is 0 Å². The second-order valence-electron chi connectivity index (χ2n) is 3.11. The lowest BCUT2D eigenvalue weighted by Gasteiger charge is -2.04. The number of nitrogens with two attached hydrogens (primary N) is 1. The maximum Gasteiger partial charge on any atom is 0.138 e. The van der Waals surface area contributed by atoms with Crippen LogP contribution in [0.4, 0.5) is 0 Å². The molecular formula is C10H12N4. The molecule has 0 saturated carbocycles. The Labute approximate surface area is 82.4 Å². The highest BCUT2D eigenvalue weighted by Gasteiger charge is 2.02. The summed E-state index contributed by atoms with van der Waals surface area (Å²) in [5.41, 5.74) is 6.69. The van der Waals surface area contributed by atoms with Gasteiger partial charge in [-0.15, -0.1) is 0 Å². The zero-order chi connectivity index (χ0) is 9.97. The second kappa shape index (κ2) is 3.59. The Kier molecular flexibility index (Phi) is 2.28. The number of aromatic nitrogens is 3. The maximum atomic E-state index is 5.55. The average Bonchev–Trinajstić information content (AvgIpc) is 2.67. The smallest absolute Gasteiger partial charge is 0.138 e. The topological polar surface area (TPSA) is 56.7 Å². The van der Waals surface area contributed by atoms with E-state index >= 15 is 0 Å². The summed E-state index contributed by atoms with van der Waals surface area (Å²) in [6.07, 6.45) is 5.42. The number of nitrogens with zero attached hydrogens (tertiary/aromatic N) is 3. The summed E-state index contributed by atoms with van der Waals surface area (Å²) in [5, 5.41) is 0. The highest BCUT2D eigenvalue weighted by atomic mass is 15.1. The van der Waals surface area contributed by atoms with Crippen LogP contribution >= 0.6 is 0 Å². The fraction of sp³-hybridized carbons (Fsp3) is 0.200. The largest absolute Gasteiger partial charge is 0.324 e. The lowest BCUT2D eigenvalue weighted by atomic mass is 10.3. The third-order valence-electron chi connectivity index (χ3n) is 2.04. The zero-order valence-electron chi connectivity index (χ0n) is 8.01. The van der Waals surface area contributed by atoms with Crippen LogP contribution in [0.25, 0.3) is 5.82 Å². The van der Waals surface area contributed by atoms with E-state index in [1.165, 1.54) is 0 Å². The van der Waals surface area contributed by atoms with E-state index in [1.807, 2.05) is 36.0 Å². The minimum absolute atomic E-state index is 0.419. The molecule has 0 atom stereocenters. The van der Waals surface area contributed by atoms with Crippen molar-refractivity contribution in [2.24, 2.45) is 5.73 Å². The van der Waals surface area contributed by atoms with Gasteiger partial charge in [0.15, 0.2) is 0 Å². The van der Waals surface area contributed by atoms with Crippen molar-refractivity contribution in [3.8, 4) is 5.82 Å². The Bertz CT molecular complexity index is 416. The molecule has 0 amide bonds. The van der Waals surface area contributed by atoms with E-state index in [0.717, 1.165) is 17.2 Å². The van der Waals surface area contributed by atoms with Crippen molar-refractivity contribution in [3.05, 3.63) is 42.1 Å². The molecule has 4 nitrogen and oxygen atoms in total. The molecule has 2 aromatic rings. The van der Waals surface area contributed by atoms with Gasteiger partial charge in [0.05, 0.1) is 6.54 Å². The van der Waals surface area contributed by atoms with E-state index in [-0.39, 0.29) is 0 Å². The van der Waals surface area contributed by atoms with Gasteiger partial charge in [0, 0.05) is 18.6 Å². The standard InChI is InChI=1S/C10H12N4/c1-8-2-3-9(13-7-8)14-5-4-12-10(14)6-11/h2-5,7H,6,11H2,1H3. The number of pyridine rings is 1. The maximum absolute atomic E-state index is 5.55. The van der Waals surface area contributed by atoms with Crippen LogP contribution in [0, 0.1) is 6.92 Å². The molecule has 0 aliphatic carbocycles. The molecule has 14 heavy (non-hydrogen) atoms. The molecule has 0 bridgehead atoms. The molecule has 2 heterocycles. The van der Waals surface area contributed by atoms with E-state index in [0.29, 0.717) is 6.54 Å². The van der Waals surface area contributed by atoms with Gasteiger partial charge in [0.25, 0.3) is 0 Å².